The van der Waals surface area contributed by atoms with Gasteiger partial charge in [0.1, 0.15) is 0 Å². The van der Waals surface area contributed by atoms with Crippen molar-refractivity contribution in [3.63, 3.8) is 0 Å². The third kappa shape index (κ3) is 6.51. The van der Waals surface area contributed by atoms with Crippen molar-refractivity contribution in [3.05, 3.63) is 12.2 Å². The average Bonchev–Trinajstić information content (AvgIpc) is 1.66. The third-order valence-electron chi connectivity index (χ3n) is 1.15. The van der Waals surface area contributed by atoms with Crippen molar-refractivity contribution in [1.29, 1.82) is 0 Å². The molecule has 0 fully saturated rings. The lowest BCUT2D eigenvalue weighted by atomic mass is 10.5. The Morgan fingerprint density at radius 3 is 2.50 bits per heavy atom. The predicted molar refractivity (Wildman–Crippen MR) is 40.5 cm³/mol. The fourth-order valence-corrected chi connectivity index (χ4v) is 1.79. The first-order valence-electron chi connectivity index (χ1n) is 3.38. The minimum absolute atomic E-state index is 0.248. The van der Waals surface area contributed by atoms with Crippen LogP contribution >= 0.6 is 0 Å². The average molecular weight is 122 g/mol. The number of rotatable bonds is 3. The molecule has 8 heavy (non-hydrogen) atoms. The van der Waals surface area contributed by atoms with Crippen molar-refractivity contribution in [2.24, 2.45) is 0 Å². The molecule has 1 heteroatoms. The summed E-state index contributed by atoms with van der Waals surface area (Å²) in [4.78, 5) is 0. The highest BCUT2D eigenvalue weighted by molar-refractivity contribution is 6.37. The van der Waals surface area contributed by atoms with Crippen LogP contribution in [0.25, 0.3) is 0 Å². The number of hydrogen-bond donors (Lipinski definition) is 0. The monoisotopic (exact) mass is 122 g/mol. The van der Waals surface area contributed by atoms with E-state index in [0.717, 1.165) is 4.05 Å². The summed E-state index contributed by atoms with van der Waals surface area (Å²) < 4.78 is 2.37. The quantitative estimate of drug-likeness (QED) is 0.399. The van der Waals surface area contributed by atoms with Gasteiger partial charge < -0.3 is 0 Å². The van der Waals surface area contributed by atoms with Crippen LogP contribution in [0.2, 0.25) is 8.60 Å². The number of hydrogen-bond acceptors (Lipinski definition) is 0. The summed E-state index contributed by atoms with van der Waals surface area (Å²) in [7, 11) is 0. The maximum absolute atomic E-state index is 2.32. The second kappa shape index (κ2) is 5.64. The van der Waals surface area contributed by atoms with Gasteiger partial charge in [0.15, 0.2) is 0 Å². The smallest absolute Gasteiger partial charge is 0.140 e. The fourth-order valence-electron chi connectivity index (χ4n) is 0.596. The van der Waals surface area contributed by atoms with Crippen LogP contribution in [0.5, 0.6) is 0 Å². The fraction of sp³-hybridized carbons (Fsp3) is 0.714. The Kier molecular flexibility index (Phi) is 6.00. The zero-order valence-corrected chi connectivity index (χ0v) is 7.56. The van der Waals surface area contributed by atoms with E-state index in [4.69, 9.17) is 0 Å². The molecule has 0 heterocycles. The van der Waals surface area contributed by atoms with Gasteiger partial charge in [-0.15, -0.1) is 14.7 Å². The molecule has 0 aliphatic rings. The molecule has 0 spiro atoms. The molecule has 0 nitrogen and oxygen atoms in total. The molecule has 0 aromatic rings. The third-order valence-corrected chi connectivity index (χ3v) is 2.97. The summed E-state index contributed by atoms with van der Waals surface area (Å²) in [6.45, 7) is 6.72. The van der Waals surface area contributed by atoms with Crippen LogP contribution in [-0.2, 0) is 0 Å². The lowest BCUT2D eigenvalue weighted by Crippen LogP contribution is -1.90. The Bertz CT molecular complexity index is 64.8. The lowest BCUT2D eigenvalue weighted by Gasteiger charge is -1.93. The first-order chi connectivity index (χ1) is 3.77. The molecule has 0 aromatic carbocycles. The van der Waals surface area contributed by atoms with Crippen molar-refractivity contribution >= 4 is 20.4 Å². The van der Waals surface area contributed by atoms with Crippen molar-refractivity contribution < 1.29 is 0 Å². The molecule has 0 unspecified atom stereocenters. The van der Waals surface area contributed by atoms with Crippen LogP contribution in [0.3, 0.4) is 0 Å². The van der Waals surface area contributed by atoms with E-state index in [0.29, 0.717) is 0 Å². The van der Waals surface area contributed by atoms with Gasteiger partial charge >= 0.3 is 20.4 Å². The predicted octanol–water partition coefficient (Wildman–Crippen LogP) is 2.51. The number of allylic oxidation sites excluding steroid dienone is 2. The van der Waals surface area contributed by atoms with E-state index in [9.17, 15) is 0 Å². The molecule has 0 aliphatic carbocycles. The second-order valence-electron chi connectivity index (χ2n) is 2.54. The van der Waals surface area contributed by atoms with Gasteiger partial charge in [-0.1, -0.05) is 19.9 Å². The summed E-state index contributed by atoms with van der Waals surface area (Å²) in [5.41, 5.74) is 0. The van der Waals surface area contributed by atoms with Crippen LogP contribution in [0.1, 0.15) is 20.8 Å². The zero-order valence-electron chi connectivity index (χ0n) is 6.15. The first-order valence-corrected chi connectivity index (χ1v) is 5.20. The van der Waals surface area contributed by atoms with Gasteiger partial charge in [-0.25, -0.2) is 0 Å². The maximum atomic E-state index is 2.32. The van der Waals surface area contributed by atoms with Crippen molar-refractivity contribution in [3.8, 4) is 0 Å². The van der Waals surface area contributed by atoms with E-state index < -0.39 is 0 Å². The standard InChI is InChI=1S/C4H7.C3H7.Mg/c1-3-4-2;1-3-2;/h3-4H,1H2,2H3;3H,1-2H3;/b4-3+;;. The summed E-state index contributed by atoms with van der Waals surface area (Å²) >= 11 is 0.248. The Morgan fingerprint density at radius 1 is 1.50 bits per heavy atom. The van der Waals surface area contributed by atoms with E-state index >= 15 is 0 Å². The van der Waals surface area contributed by atoms with Crippen LogP contribution in [0, 0.1) is 0 Å². The molecule has 0 N–H and O–H groups in total. The lowest BCUT2D eigenvalue weighted by molar-refractivity contribution is 1.05. The second-order valence-corrected chi connectivity index (χ2v) is 5.33. The molecular formula is C7H14Mg. The molecule has 0 amide bonds. The van der Waals surface area contributed by atoms with Gasteiger partial charge in [0, 0.05) is 0 Å². The molecule has 44 valence electrons. The van der Waals surface area contributed by atoms with Gasteiger partial charge in [-0.2, -0.15) is 0 Å². The van der Waals surface area contributed by atoms with Crippen LogP contribution < -0.4 is 0 Å². The minimum Gasteiger partial charge on any atom is -0.140 e. The van der Waals surface area contributed by atoms with Crippen molar-refractivity contribution in [1.82, 2.24) is 0 Å². The van der Waals surface area contributed by atoms with Crippen molar-refractivity contribution in [2.75, 3.05) is 0 Å². The topological polar surface area (TPSA) is 0 Å². The normalized spacial score (nSPS) is 10.5. The molecule has 0 saturated heterocycles. The van der Waals surface area contributed by atoms with E-state index in [1.807, 2.05) is 0 Å². The van der Waals surface area contributed by atoms with E-state index in [1.165, 1.54) is 4.55 Å². The molecule has 0 saturated carbocycles. The molecule has 0 aliphatic heterocycles. The molecule has 0 aromatic heterocycles. The highest BCUT2D eigenvalue weighted by Crippen LogP contribution is 1.99. The van der Waals surface area contributed by atoms with E-state index in [-0.39, 0.29) is 20.4 Å². The molecule has 0 atom stereocenters. The summed E-state index contributed by atoms with van der Waals surface area (Å²) in [5, 5.41) is 0. The molecule has 0 rings (SSSR count). The highest BCUT2D eigenvalue weighted by Gasteiger charge is 1.95. The van der Waals surface area contributed by atoms with E-state index in [1.54, 1.807) is 0 Å². The van der Waals surface area contributed by atoms with Gasteiger partial charge in [-0.3, -0.25) is 0 Å². The summed E-state index contributed by atoms with van der Waals surface area (Å²) in [6, 6.07) is 0. The van der Waals surface area contributed by atoms with E-state index in [2.05, 4.69) is 32.9 Å². The van der Waals surface area contributed by atoms with Crippen LogP contribution in [-0.4, -0.2) is 20.4 Å². The minimum atomic E-state index is 0.248. The van der Waals surface area contributed by atoms with Gasteiger partial charge in [0.25, 0.3) is 0 Å². The first kappa shape index (κ1) is 8.51. The van der Waals surface area contributed by atoms with Gasteiger partial charge in [-0.05, 0) is 6.92 Å². The Morgan fingerprint density at radius 2 is 2.12 bits per heavy atom. The summed E-state index contributed by atoms with van der Waals surface area (Å²) in [6.07, 6.45) is 4.43. The summed E-state index contributed by atoms with van der Waals surface area (Å²) in [5.74, 6) is 0. The van der Waals surface area contributed by atoms with Crippen LogP contribution in [0.15, 0.2) is 12.2 Å². The Hall–Kier alpha value is 0.506. The zero-order chi connectivity index (χ0) is 6.41. The Labute approximate surface area is 62.1 Å². The largest absolute Gasteiger partial charge is 0.373 e. The maximum Gasteiger partial charge on any atom is 0.373 e. The molecule has 0 radical (unpaired) electrons. The van der Waals surface area contributed by atoms with Crippen LogP contribution in [0.4, 0.5) is 0 Å². The molecule has 0 bridgehead atoms. The van der Waals surface area contributed by atoms with Gasteiger partial charge in [0.2, 0.25) is 0 Å². The van der Waals surface area contributed by atoms with Gasteiger partial charge in [0.05, 0.1) is 0 Å². The Balaban J connectivity index is 2.93. The highest BCUT2D eigenvalue weighted by atomic mass is 24.5. The molecular weight excluding hydrogens is 108 g/mol. The SMILES string of the molecule is C/C=C/[CH2][Mg][CH](C)C. The van der Waals surface area contributed by atoms with Crippen molar-refractivity contribution in [2.45, 2.75) is 29.4 Å².